The second-order valence-corrected chi connectivity index (χ2v) is 12.4. The second-order valence-electron chi connectivity index (χ2n) is 12.4. The van der Waals surface area contributed by atoms with E-state index in [9.17, 15) is 4.79 Å². The summed E-state index contributed by atoms with van der Waals surface area (Å²) < 4.78 is 5.29. The zero-order chi connectivity index (χ0) is 30.3. The zero-order valence-corrected chi connectivity index (χ0v) is 26.2. The van der Waals surface area contributed by atoms with Crippen molar-refractivity contribution in [3.05, 3.63) is 95.6 Å². The molecule has 0 spiro atoms. The highest BCUT2D eigenvalue weighted by Crippen LogP contribution is 2.43. The number of carbonyl (C=O) groups excluding carboxylic acids is 1. The standard InChI is InChI=1S/C36H45N5O2/c1-38(2)23-29-21-22-40(36(42)37-31-17-19-32(43-5)20-18-31)26-34-35(33(25-39(3)4)41(34)24-29)30-15-13-28(14-16-30)12-11-27-9-7-6-8-10-27/h6-10,13-20,29,33-35H,21-26H2,1-5H3,(H,37,42)/t29?,33-,34+,35?/m1/s1. The summed E-state index contributed by atoms with van der Waals surface area (Å²) in [6.07, 6.45) is 0.978. The summed E-state index contributed by atoms with van der Waals surface area (Å²) in [6, 6.07) is 27.0. The number of amides is 2. The summed E-state index contributed by atoms with van der Waals surface area (Å²) in [5.74, 6) is 8.17. The van der Waals surface area contributed by atoms with Gasteiger partial charge in [0, 0.05) is 67.5 Å². The molecule has 1 N–H and O–H groups in total. The third-order valence-corrected chi connectivity index (χ3v) is 8.59. The van der Waals surface area contributed by atoms with Crippen LogP contribution < -0.4 is 10.1 Å². The van der Waals surface area contributed by atoms with Crippen molar-refractivity contribution in [1.29, 1.82) is 0 Å². The number of hydrogen-bond donors (Lipinski definition) is 1. The van der Waals surface area contributed by atoms with Crippen molar-refractivity contribution >= 4 is 11.7 Å². The lowest BCUT2D eigenvalue weighted by Crippen LogP contribution is -2.70. The molecule has 2 unspecified atom stereocenters. The molecule has 0 aliphatic carbocycles. The Labute approximate surface area is 257 Å². The van der Waals surface area contributed by atoms with Gasteiger partial charge >= 0.3 is 6.03 Å². The van der Waals surface area contributed by atoms with Crippen molar-refractivity contribution in [3.63, 3.8) is 0 Å². The molecule has 43 heavy (non-hydrogen) atoms. The van der Waals surface area contributed by atoms with Crippen LogP contribution in [0.1, 0.15) is 29.0 Å². The molecule has 2 heterocycles. The Hall–Kier alpha value is -3.83. The number of urea groups is 1. The largest absolute Gasteiger partial charge is 0.497 e. The van der Waals surface area contributed by atoms with Gasteiger partial charge in [-0.05, 0) is 94.6 Å². The van der Waals surface area contributed by atoms with E-state index in [0.29, 0.717) is 24.4 Å². The minimum absolute atomic E-state index is 0.0445. The average Bonchev–Trinajstić information content (AvgIpc) is 2.99. The molecule has 0 radical (unpaired) electrons. The van der Waals surface area contributed by atoms with Gasteiger partial charge in [-0.3, -0.25) is 4.90 Å². The van der Waals surface area contributed by atoms with Crippen molar-refractivity contribution in [2.45, 2.75) is 24.4 Å². The molecule has 0 bridgehead atoms. The summed E-state index contributed by atoms with van der Waals surface area (Å²) in [5.41, 5.74) is 4.12. The van der Waals surface area contributed by atoms with Gasteiger partial charge in [0.1, 0.15) is 5.75 Å². The summed E-state index contributed by atoms with van der Waals surface area (Å²) >= 11 is 0. The van der Waals surface area contributed by atoms with E-state index >= 15 is 0 Å². The number of nitrogens with one attached hydrogen (secondary N) is 1. The molecule has 4 atom stereocenters. The Morgan fingerprint density at radius 3 is 2.14 bits per heavy atom. The minimum atomic E-state index is -0.0445. The van der Waals surface area contributed by atoms with Crippen LogP contribution in [0.15, 0.2) is 78.9 Å². The Balaban J connectivity index is 1.39. The molecule has 0 saturated carbocycles. The van der Waals surface area contributed by atoms with E-state index < -0.39 is 0 Å². The highest BCUT2D eigenvalue weighted by molar-refractivity contribution is 5.89. The monoisotopic (exact) mass is 579 g/mol. The molecule has 0 aromatic heterocycles. The van der Waals surface area contributed by atoms with Crippen molar-refractivity contribution < 1.29 is 9.53 Å². The number of carbonyl (C=O) groups is 1. The Morgan fingerprint density at radius 1 is 0.860 bits per heavy atom. The normalized spacial score (nSPS) is 22.1. The molecule has 5 rings (SSSR count). The van der Waals surface area contributed by atoms with E-state index in [2.05, 4.69) is 84.3 Å². The zero-order valence-electron chi connectivity index (χ0n) is 26.2. The lowest BCUT2D eigenvalue weighted by atomic mass is 9.73. The number of benzene rings is 3. The second kappa shape index (κ2) is 14.1. The first kappa shape index (κ1) is 30.6. The molecular weight excluding hydrogens is 534 g/mol. The average molecular weight is 580 g/mol. The smallest absolute Gasteiger partial charge is 0.321 e. The SMILES string of the molecule is COc1ccc(NC(=O)N2CCC(CN(C)C)CN3[C@H](CN(C)C)C(c4ccc(C#Cc5ccccc5)cc4)[C@@H]3C2)cc1. The van der Waals surface area contributed by atoms with Crippen LogP contribution in [0.4, 0.5) is 10.5 Å². The van der Waals surface area contributed by atoms with Crippen LogP contribution in [0, 0.1) is 17.8 Å². The van der Waals surface area contributed by atoms with Gasteiger partial charge in [0.05, 0.1) is 7.11 Å². The predicted molar refractivity (Wildman–Crippen MR) is 175 cm³/mol. The summed E-state index contributed by atoms with van der Waals surface area (Å²) in [6.45, 7) is 4.46. The van der Waals surface area contributed by atoms with Crippen molar-refractivity contribution in [2.24, 2.45) is 5.92 Å². The van der Waals surface area contributed by atoms with E-state index in [1.807, 2.05) is 59.5 Å². The van der Waals surface area contributed by atoms with Gasteiger partial charge in [0.15, 0.2) is 0 Å². The molecule has 7 heteroatoms. The van der Waals surface area contributed by atoms with Gasteiger partial charge in [0.2, 0.25) is 0 Å². The van der Waals surface area contributed by atoms with Crippen LogP contribution in [0.25, 0.3) is 0 Å². The Kier molecular flexibility index (Phi) is 10.0. The van der Waals surface area contributed by atoms with Gasteiger partial charge < -0.3 is 24.8 Å². The number of likely N-dealkylation sites (N-methyl/N-ethyl adjacent to an activating group) is 1. The van der Waals surface area contributed by atoms with Crippen LogP contribution in [0.2, 0.25) is 0 Å². The number of ether oxygens (including phenoxy) is 1. The Morgan fingerprint density at radius 2 is 1.51 bits per heavy atom. The third-order valence-electron chi connectivity index (χ3n) is 8.59. The maximum absolute atomic E-state index is 13.7. The summed E-state index contributed by atoms with van der Waals surface area (Å²) in [4.78, 5) is 22.9. The molecule has 3 aromatic rings. The molecular formula is C36H45N5O2. The molecule has 2 aliphatic heterocycles. The van der Waals surface area contributed by atoms with Crippen LogP contribution in [0.5, 0.6) is 5.75 Å². The lowest BCUT2D eigenvalue weighted by Gasteiger charge is -2.59. The first-order valence-corrected chi connectivity index (χ1v) is 15.2. The highest BCUT2D eigenvalue weighted by atomic mass is 16.5. The van der Waals surface area contributed by atoms with Gasteiger partial charge in [-0.15, -0.1) is 0 Å². The minimum Gasteiger partial charge on any atom is -0.497 e. The number of nitrogens with zero attached hydrogens (tertiary/aromatic N) is 4. The van der Waals surface area contributed by atoms with Crippen LogP contribution in [0.3, 0.4) is 0 Å². The number of anilines is 1. The molecule has 7 nitrogen and oxygen atoms in total. The lowest BCUT2D eigenvalue weighted by molar-refractivity contribution is -0.0590. The van der Waals surface area contributed by atoms with E-state index in [1.165, 1.54) is 5.56 Å². The summed E-state index contributed by atoms with van der Waals surface area (Å²) in [5, 5.41) is 3.14. The number of rotatable bonds is 7. The highest BCUT2D eigenvalue weighted by Gasteiger charge is 2.51. The van der Waals surface area contributed by atoms with Crippen LogP contribution in [-0.4, -0.2) is 106 Å². The number of methoxy groups -OCH3 is 1. The van der Waals surface area contributed by atoms with Crippen LogP contribution >= 0.6 is 0 Å². The van der Waals surface area contributed by atoms with Gasteiger partial charge in [-0.2, -0.15) is 0 Å². The number of fused-ring (bicyclic) bond motifs is 1. The summed E-state index contributed by atoms with van der Waals surface area (Å²) in [7, 11) is 10.2. The van der Waals surface area contributed by atoms with Gasteiger partial charge in [0.25, 0.3) is 0 Å². The molecule has 226 valence electrons. The van der Waals surface area contributed by atoms with Gasteiger partial charge in [-0.25, -0.2) is 4.79 Å². The van der Waals surface area contributed by atoms with E-state index in [1.54, 1.807) is 7.11 Å². The van der Waals surface area contributed by atoms with Gasteiger partial charge in [-0.1, -0.05) is 42.2 Å². The maximum atomic E-state index is 13.7. The molecule has 2 saturated heterocycles. The van der Waals surface area contributed by atoms with E-state index in [0.717, 1.165) is 55.2 Å². The predicted octanol–water partition coefficient (Wildman–Crippen LogP) is 4.91. The molecule has 2 amide bonds. The third kappa shape index (κ3) is 7.77. The first-order valence-electron chi connectivity index (χ1n) is 15.2. The molecule has 3 aromatic carbocycles. The number of hydrogen-bond acceptors (Lipinski definition) is 5. The maximum Gasteiger partial charge on any atom is 0.321 e. The first-order chi connectivity index (χ1) is 20.8. The fourth-order valence-corrected chi connectivity index (χ4v) is 6.57. The van der Waals surface area contributed by atoms with E-state index in [-0.39, 0.29) is 12.1 Å². The van der Waals surface area contributed by atoms with Crippen molar-refractivity contribution in [3.8, 4) is 17.6 Å². The quantitative estimate of drug-likeness (QED) is 0.404. The molecule has 2 fully saturated rings. The van der Waals surface area contributed by atoms with Crippen molar-refractivity contribution in [1.82, 2.24) is 19.6 Å². The Bertz CT molecular complexity index is 1400. The topological polar surface area (TPSA) is 51.3 Å². The fraction of sp³-hybridized carbons (Fsp3) is 0.417. The van der Waals surface area contributed by atoms with E-state index in [4.69, 9.17) is 4.74 Å². The molecule has 2 aliphatic rings. The van der Waals surface area contributed by atoms with Crippen molar-refractivity contribution in [2.75, 3.05) is 73.3 Å². The fourth-order valence-electron chi connectivity index (χ4n) is 6.57. The van der Waals surface area contributed by atoms with Crippen LogP contribution in [-0.2, 0) is 0 Å².